The third kappa shape index (κ3) is 6.18. The summed E-state index contributed by atoms with van der Waals surface area (Å²) < 4.78 is 39.1. The Hall–Kier alpha value is -3.90. The summed E-state index contributed by atoms with van der Waals surface area (Å²) in [6, 6.07) is 10.2. The summed E-state index contributed by atoms with van der Waals surface area (Å²) in [6.45, 7) is 1.24. The van der Waals surface area contributed by atoms with Crippen molar-refractivity contribution in [2.24, 2.45) is 0 Å². The molecule has 2 amide bonds. The summed E-state index contributed by atoms with van der Waals surface area (Å²) in [7, 11) is 0. The number of carbonyl (C=O) groups is 2. The molecule has 0 radical (unpaired) electrons. The van der Waals surface area contributed by atoms with Crippen molar-refractivity contribution in [1.29, 1.82) is 0 Å². The van der Waals surface area contributed by atoms with Gasteiger partial charge in [-0.15, -0.1) is 0 Å². The molecule has 2 aromatic heterocycles. The number of alkyl halides is 3. The number of pyridine rings is 1. The summed E-state index contributed by atoms with van der Waals surface area (Å²) in [4.78, 5) is 43.1. The van der Waals surface area contributed by atoms with E-state index in [1.165, 1.54) is 12.1 Å². The Kier molecular flexibility index (Phi) is 8.38. The van der Waals surface area contributed by atoms with E-state index in [0.717, 1.165) is 56.3 Å². The topological polar surface area (TPSA) is 112 Å². The number of nitrogens with one attached hydrogen (secondary N) is 1. The molecule has 3 aliphatic rings. The Labute approximate surface area is 253 Å². The van der Waals surface area contributed by atoms with Gasteiger partial charge in [-0.3, -0.25) is 19.5 Å². The average molecular weight is 609 g/mol. The zero-order valence-electron chi connectivity index (χ0n) is 24.2. The van der Waals surface area contributed by atoms with Crippen LogP contribution in [0.25, 0.3) is 11.4 Å². The zero-order chi connectivity index (χ0) is 30.9. The number of nitrogens with zero attached hydrogens (tertiary/aromatic N) is 5. The van der Waals surface area contributed by atoms with Crippen molar-refractivity contribution < 1.29 is 27.9 Å². The molecule has 2 aliphatic heterocycles. The standard InChI is InChI=1S/C32H35F3N6O3/c33-32(34,35)23-5-1-4-21(18-23)30(43)39-20-28(42)41-17-11-26-25(41)6-2-16-40(26)24-9-12-31(44,13-10-24)27-8-7-22(19-38-27)29-36-14-3-15-37-29/h1,3-5,7-8,14-15,18-19,24-26,44H,2,6,9-13,16-17,20H2,(H,39,43)/t24?,25-,26-,31?/m1/s1. The number of piperidine rings is 1. The molecule has 6 rings (SSSR count). The molecular formula is C32H35F3N6O3. The molecule has 44 heavy (non-hydrogen) atoms. The van der Waals surface area contributed by atoms with Crippen LogP contribution < -0.4 is 5.32 Å². The van der Waals surface area contributed by atoms with Gasteiger partial charge in [-0.2, -0.15) is 13.2 Å². The largest absolute Gasteiger partial charge is 0.416 e. The second-order valence-corrected chi connectivity index (χ2v) is 11.9. The lowest BCUT2D eigenvalue weighted by Crippen LogP contribution is -2.56. The maximum absolute atomic E-state index is 13.2. The van der Waals surface area contributed by atoms with Crippen LogP contribution in [-0.2, 0) is 16.6 Å². The molecule has 232 valence electrons. The van der Waals surface area contributed by atoms with E-state index < -0.39 is 23.2 Å². The Bertz CT molecular complexity index is 1480. The molecular weight excluding hydrogens is 573 g/mol. The first-order valence-electron chi connectivity index (χ1n) is 15.1. The first-order chi connectivity index (χ1) is 21.1. The highest BCUT2D eigenvalue weighted by Gasteiger charge is 2.46. The van der Waals surface area contributed by atoms with Crippen molar-refractivity contribution in [3.63, 3.8) is 0 Å². The number of fused-ring (bicyclic) bond motifs is 1. The molecule has 12 heteroatoms. The quantitative estimate of drug-likeness (QED) is 0.432. The number of likely N-dealkylation sites (tertiary alicyclic amines) is 2. The second kappa shape index (κ2) is 12.2. The highest BCUT2D eigenvalue weighted by atomic mass is 19.4. The summed E-state index contributed by atoms with van der Waals surface area (Å²) >= 11 is 0. The molecule has 4 heterocycles. The van der Waals surface area contributed by atoms with Crippen LogP contribution in [0.4, 0.5) is 13.2 Å². The van der Waals surface area contributed by atoms with Gasteiger partial charge in [-0.1, -0.05) is 6.07 Å². The third-order valence-electron chi connectivity index (χ3n) is 9.34. The van der Waals surface area contributed by atoms with Crippen molar-refractivity contribution in [2.75, 3.05) is 19.6 Å². The first kappa shape index (κ1) is 30.1. The van der Waals surface area contributed by atoms with Crippen LogP contribution in [0.1, 0.15) is 66.6 Å². The summed E-state index contributed by atoms with van der Waals surface area (Å²) in [5.74, 6) is -0.352. The highest BCUT2D eigenvalue weighted by molar-refractivity contribution is 5.96. The number of rotatable bonds is 6. The number of aromatic nitrogens is 3. The van der Waals surface area contributed by atoms with Gasteiger partial charge in [-0.05, 0) is 87.9 Å². The maximum Gasteiger partial charge on any atom is 0.416 e. The number of aliphatic hydroxyl groups is 1. The van der Waals surface area contributed by atoms with Crippen LogP contribution in [0.3, 0.4) is 0 Å². The van der Waals surface area contributed by atoms with Crippen LogP contribution in [0.5, 0.6) is 0 Å². The van der Waals surface area contributed by atoms with E-state index in [-0.39, 0.29) is 36.1 Å². The van der Waals surface area contributed by atoms with Gasteiger partial charge in [0.15, 0.2) is 5.82 Å². The predicted octanol–water partition coefficient (Wildman–Crippen LogP) is 4.18. The van der Waals surface area contributed by atoms with Gasteiger partial charge in [0.1, 0.15) is 5.60 Å². The molecule has 0 unspecified atom stereocenters. The normalized spacial score (nSPS) is 25.8. The van der Waals surface area contributed by atoms with Crippen molar-refractivity contribution in [1.82, 2.24) is 30.1 Å². The monoisotopic (exact) mass is 608 g/mol. The lowest BCUT2D eigenvalue weighted by Gasteiger charge is -2.47. The number of amides is 2. The van der Waals surface area contributed by atoms with E-state index in [1.807, 2.05) is 17.0 Å². The summed E-state index contributed by atoms with van der Waals surface area (Å²) in [5, 5.41) is 14.0. The molecule has 0 bridgehead atoms. The highest BCUT2D eigenvalue weighted by Crippen LogP contribution is 2.41. The Morgan fingerprint density at radius 3 is 2.43 bits per heavy atom. The van der Waals surface area contributed by atoms with E-state index in [9.17, 15) is 27.9 Å². The fraction of sp³-hybridized carbons (Fsp3) is 0.469. The molecule has 0 spiro atoms. The van der Waals surface area contributed by atoms with Crippen LogP contribution >= 0.6 is 0 Å². The van der Waals surface area contributed by atoms with E-state index in [1.54, 1.807) is 24.7 Å². The van der Waals surface area contributed by atoms with Crippen molar-refractivity contribution >= 4 is 11.8 Å². The molecule has 2 N–H and O–H groups in total. The van der Waals surface area contributed by atoms with Gasteiger partial charge in [0.2, 0.25) is 5.91 Å². The predicted molar refractivity (Wildman–Crippen MR) is 155 cm³/mol. The molecule has 9 nitrogen and oxygen atoms in total. The number of hydrogen-bond donors (Lipinski definition) is 2. The molecule has 1 saturated carbocycles. The van der Waals surface area contributed by atoms with Crippen LogP contribution in [0.2, 0.25) is 0 Å². The van der Waals surface area contributed by atoms with Crippen LogP contribution in [-0.4, -0.2) is 79.4 Å². The number of benzene rings is 1. The minimum atomic E-state index is -4.55. The smallest absolute Gasteiger partial charge is 0.384 e. The Balaban J connectivity index is 1.03. The van der Waals surface area contributed by atoms with E-state index >= 15 is 0 Å². The Morgan fingerprint density at radius 2 is 1.73 bits per heavy atom. The van der Waals surface area contributed by atoms with Crippen LogP contribution in [0.15, 0.2) is 61.1 Å². The number of hydrogen-bond acceptors (Lipinski definition) is 7. The van der Waals surface area contributed by atoms with Crippen molar-refractivity contribution in [3.05, 3.63) is 77.9 Å². The van der Waals surface area contributed by atoms with E-state index in [2.05, 4.69) is 25.2 Å². The SMILES string of the molecule is O=C(NCC(=O)N1CC[C@@H]2[C@H]1CCCN2C1CCC(O)(c2ccc(-c3ncccn3)cn2)CC1)c1cccc(C(F)(F)F)c1. The second-order valence-electron chi connectivity index (χ2n) is 11.9. The van der Waals surface area contributed by atoms with Crippen molar-refractivity contribution in [2.45, 2.75) is 74.8 Å². The number of carbonyl (C=O) groups excluding carboxylic acids is 2. The van der Waals surface area contributed by atoms with Gasteiger partial charge < -0.3 is 15.3 Å². The van der Waals surface area contributed by atoms with Crippen LogP contribution in [0, 0.1) is 0 Å². The van der Waals surface area contributed by atoms with E-state index in [0.29, 0.717) is 30.9 Å². The molecule has 1 aromatic carbocycles. The third-order valence-corrected chi connectivity index (χ3v) is 9.34. The lowest BCUT2D eigenvalue weighted by atomic mass is 9.78. The van der Waals surface area contributed by atoms with Gasteiger partial charge in [-0.25, -0.2) is 9.97 Å². The number of halogens is 3. The lowest BCUT2D eigenvalue weighted by molar-refractivity contribution is -0.137. The fourth-order valence-electron chi connectivity index (χ4n) is 7.10. The van der Waals surface area contributed by atoms with Crippen molar-refractivity contribution in [3.8, 4) is 11.4 Å². The minimum absolute atomic E-state index is 0.0249. The van der Waals surface area contributed by atoms with Gasteiger partial charge in [0, 0.05) is 54.4 Å². The zero-order valence-corrected chi connectivity index (χ0v) is 24.2. The van der Waals surface area contributed by atoms with Gasteiger partial charge in [0.25, 0.3) is 5.91 Å². The average Bonchev–Trinajstić information content (AvgIpc) is 3.49. The molecule has 2 atom stereocenters. The summed E-state index contributed by atoms with van der Waals surface area (Å²) in [6.07, 6.45) is 5.93. The van der Waals surface area contributed by atoms with Gasteiger partial charge in [0.05, 0.1) is 17.8 Å². The van der Waals surface area contributed by atoms with E-state index in [4.69, 9.17) is 0 Å². The maximum atomic E-state index is 13.2. The molecule has 3 fully saturated rings. The summed E-state index contributed by atoms with van der Waals surface area (Å²) in [5.41, 5.74) is -0.602. The molecule has 1 aliphatic carbocycles. The molecule has 3 aromatic rings. The molecule has 2 saturated heterocycles. The fourth-order valence-corrected chi connectivity index (χ4v) is 7.10. The minimum Gasteiger partial charge on any atom is -0.384 e. The first-order valence-corrected chi connectivity index (χ1v) is 15.1. The Morgan fingerprint density at radius 1 is 0.955 bits per heavy atom. The van der Waals surface area contributed by atoms with Gasteiger partial charge >= 0.3 is 6.18 Å².